The summed E-state index contributed by atoms with van der Waals surface area (Å²) in [5, 5.41) is 10.4. The summed E-state index contributed by atoms with van der Waals surface area (Å²) in [5.74, 6) is 0.706. The first-order valence-electron chi connectivity index (χ1n) is 7.95. The van der Waals surface area contributed by atoms with E-state index in [2.05, 4.69) is 28.7 Å². The molecule has 0 bridgehead atoms. The Kier molecular flexibility index (Phi) is 6.04. The van der Waals surface area contributed by atoms with E-state index in [1.54, 1.807) is 6.20 Å². The first-order chi connectivity index (χ1) is 10.7. The number of hydrogen-bond donors (Lipinski definition) is 1. The van der Waals surface area contributed by atoms with Gasteiger partial charge in [0.25, 0.3) is 0 Å². The van der Waals surface area contributed by atoms with Crippen LogP contribution in [0.1, 0.15) is 37.6 Å². The van der Waals surface area contributed by atoms with E-state index >= 15 is 0 Å². The highest BCUT2D eigenvalue weighted by Crippen LogP contribution is 2.22. The highest BCUT2D eigenvalue weighted by Gasteiger charge is 2.14. The Bertz CT molecular complexity index is 582. The molecule has 0 aliphatic rings. The molecule has 0 saturated heterocycles. The summed E-state index contributed by atoms with van der Waals surface area (Å²) in [6.07, 6.45) is 1.96. The molecule has 1 unspecified atom stereocenters. The molecule has 0 fully saturated rings. The van der Waals surface area contributed by atoms with E-state index in [1.165, 1.54) is 0 Å². The molecule has 0 aliphatic heterocycles. The van der Waals surface area contributed by atoms with Crippen molar-refractivity contribution in [2.45, 2.75) is 33.3 Å². The van der Waals surface area contributed by atoms with Crippen molar-refractivity contribution in [1.29, 1.82) is 0 Å². The fraction of sp³-hybridized carbons (Fsp3) is 0.444. The molecule has 2 rings (SSSR count). The molecule has 2 aromatic rings. The lowest BCUT2D eigenvalue weighted by atomic mass is 10.1. The third-order valence-electron chi connectivity index (χ3n) is 4.02. The van der Waals surface area contributed by atoms with E-state index < -0.39 is 6.10 Å². The molecule has 22 heavy (non-hydrogen) atoms. The molecule has 118 valence electrons. The summed E-state index contributed by atoms with van der Waals surface area (Å²) in [5.41, 5.74) is 2.67. The fourth-order valence-electron chi connectivity index (χ4n) is 2.53. The van der Waals surface area contributed by atoms with Gasteiger partial charge in [-0.2, -0.15) is 0 Å². The molecule has 1 heterocycles. The summed E-state index contributed by atoms with van der Waals surface area (Å²) in [7, 11) is 0. The van der Waals surface area contributed by atoms with Gasteiger partial charge < -0.3 is 10.0 Å². The second kappa shape index (κ2) is 8.01. The first kappa shape index (κ1) is 16.6. The van der Waals surface area contributed by atoms with Crippen molar-refractivity contribution in [2.75, 3.05) is 19.6 Å². The Labute approximate surface area is 132 Å². The van der Waals surface area contributed by atoms with E-state index in [-0.39, 0.29) is 0 Å². The van der Waals surface area contributed by atoms with Crippen LogP contribution in [0.15, 0.2) is 36.5 Å². The third kappa shape index (κ3) is 4.12. The summed E-state index contributed by atoms with van der Waals surface area (Å²) < 4.78 is 0. The van der Waals surface area contributed by atoms with Crippen molar-refractivity contribution in [3.63, 3.8) is 0 Å². The highest BCUT2D eigenvalue weighted by molar-refractivity contribution is 5.54. The monoisotopic (exact) mass is 299 g/mol. The molecular formula is C18H25N3O. The number of aryl methyl sites for hydroxylation is 1. The maximum absolute atomic E-state index is 10.4. The normalized spacial score (nSPS) is 12.6. The quantitative estimate of drug-likeness (QED) is 0.853. The Morgan fingerprint density at radius 1 is 1.14 bits per heavy atom. The van der Waals surface area contributed by atoms with Gasteiger partial charge in [-0.15, -0.1) is 0 Å². The molecule has 0 radical (unpaired) electrons. The Balaban J connectivity index is 2.09. The van der Waals surface area contributed by atoms with Crippen molar-refractivity contribution in [2.24, 2.45) is 0 Å². The minimum atomic E-state index is -0.509. The average molecular weight is 299 g/mol. The zero-order valence-corrected chi connectivity index (χ0v) is 13.7. The lowest BCUT2D eigenvalue weighted by Gasteiger charge is -2.20. The third-order valence-corrected chi connectivity index (χ3v) is 4.02. The number of nitrogens with zero attached hydrogens (tertiary/aromatic N) is 3. The Hall–Kier alpha value is -1.78. The molecule has 0 spiro atoms. The van der Waals surface area contributed by atoms with E-state index in [4.69, 9.17) is 0 Å². The topological polar surface area (TPSA) is 49.2 Å². The van der Waals surface area contributed by atoms with Gasteiger partial charge in [0.2, 0.25) is 0 Å². The summed E-state index contributed by atoms with van der Waals surface area (Å²) in [6, 6.07) is 9.90. The van der Waals surface area contributed by atoms with Gasteiger partial charge in [0.05, 0.1) is 6.10 Å². The van der Waals surface area contributed by atoms with Gasteiger partial charge in [0.1, 0.15) is 0 Å². The van der Waals surface area contributed by atoms with E-state index in [0.29, 0.717) is 12.2 Å². The van der Waals surface area contributed by atoms with Crippen molar-refractivity contribution < 1.29 is 5.11 Å². The zero-order valence-electron chi connectivity index (χ0n) is 13.7. The maximum Gasteiger partial charge on any atom is 0.159 e. The minimum absolute atomic E-state index is 0.509. The summed E-state index contributed by atoms with van der Waals surface area (Å²) in [6.45, 7) is 9.10. The lowest BCUT2D eigenvalue weighted by Crippen LogP contribution is -2.25. The Morgan fingerprint density at radius 3 is 2.41 bits per heavy atom. The van der Waals surface area contributed by atoms with Gasteiger partial charge in [0.15, 0.2) is 5.82 Å². The number of rotatable bonds is 7. The number of aromatic nitrogens is 2. The SMILES string of the molecule is CCN(CC)CCC(O)c1cnc(-c2ccccc2)nc1C. The summed E-state index contributed by atoms with van der Waals surface area (Å²) >= 11 is 0. The van der Waals surface area contributed by atoms with Gasteiger partial charge >= 0.3 is 0 Å². The largest absolute Gasteiger partial charge is 0.388 e. The average Bonchev–Trinajstić information content (AvgIpc) is 2.56. The van der Waals surface area contributed by atoms with Crippen LogP contribution in [0.2, 0.25) is 0 Å². The lowest BCUT2D eigenvalue weighted by molar-refractivity contribution is 0.144. The van der Waals surface area contributed by atoms with Crippen molar-refractivity contribution in [1.82, 2.24) is 14.9 Å². The van der Waals surface area contributed by atoms with E-state index in [0.717, 1.165) is 36.5 Å². The van der Waals surface area contributed by atoms with Crippen LogP contribution in [0.3, 0.4) is 0 Å². The van der Waals surface area contributed by atoms with Crippen molar-refractivity contribution in [3.05, 3.63) is 47.8 Å². The molecule has 4 heteroatoms. The predicted molar refractivity (Wildman–Crippen MR) is 89.6 cm³/mol. The second-order valence-electron chi connectivity index (χ2n) is 5.43. The van der Waals surface area contributed by atoms with Crippen LogP contribution in [0.5, 0.6) is 0 Å². The minimum Gasteiger partial charge on any atom is -0.388 e. The van der Waals surface area contributed by atoms with Crippen LogP contribution in [-0.4, -0.2) is 39.6 Å². The van der Waals surface area contributed by atoms with Crippen LogP contribution >= 0.6 is 0 Å². The van der Waals surface area contributed by atoms with Gasteiger partial charge in [-0.3, -0.25) is 0 Å². The predicted octanol–water partition coefficient (Wildman–Crippen LogP) is 3.22. The molecular weight excluding hydrogens is 274 g/mol. The van der Waals surface area contributed by atoms with E-state index in [9.17, 15) is 5.11 Å². The zero-order chi connectivity index (χ0) is 15.9. The smallest absolute Gasteiger partial charge is 0.159 e. The standard InChI is InChI=1S/C18H25N3O/c1-4-21(5-2)12-11-17(22)16-13-19-18(20-14(16)3)15-9-7-6-8-10-15/h6-10,13,17,22H,4-5,11-12H2,1-3H3. The molecule has 1 aromatic carbocycles. The summed E-state index contributed by atoms with van der Waals surface area (Å²) in [4.78, 5) is 11.3. The van der Waals surface area contributed by atoms with Gasteiger partial charge in [-0.25, -0.2) is 9.97 Å². The number of aliphatic hydroxyl groups is 1. The fourth-order valence-corrected chi connectivity index (χ4v) is 2.53. The van der Waals surface area contributed by atoms with Crippen molar-refractivity contribution in [3.8, 4) is 11.4 Å². The van der Waals surface area contributed by atoms with Crippen LogP contribution in [0.25, 0.3) is 11.4 Å². The van der Waals surface area contributed by atoms with Crippen LogP contribution < -0.4 is 0 Å². The maximum atomic E-state index is 10.4. The van der Waals surface area contributed by atoms with E-state index in [1.807, 2.05) is 37.3 Å². The van der Waals surface area contributed by atoms with Crippen molar-refractivity contribution >= 4 is 0 Å². The number of hydrogen-bond acceptors (Lipinski definition) is 4. The van der Waals surface area contributed by atoms with Gasteiger partial charge in [0, 0.05) is 29.6 Å². The molecule has 0 amide bonds. The van der Waals surface area contributed by atoms with Crippen LogP contribution in [0.4, 0.5) is 0 Å². The molecule has 1 atom stereocenters. The molecule has 1 N–H and O–H groups in total. The highest BCUT2D eigenvalue weighted by atomic mass is 16.3. The molecule has 0 saturated carbocycles. The van der Waals surface area contributed by atoms with Crippen LogP contribution in [-0.2, 0) is 0 Å². The van der Waals surface area contributed by atoms with Crippen LogP contribution in [0, 0.1) is 6.92 Å². The number of benzene rings is 1. The number of aliphatic hydroxyl groups excluding tert-OH is 1. The second-order valence-corrected chi connectivity index (χ2v) is 5.43. The first-order valence-corrected chi connectivity index (χ1v) is 7.95. The molecule has 4 nitrogen and oxygen atoms in total. The Morgan fingerprint density at radius 2 is 1.82 bits per heavy atom. The molecule has 0 aliphatic carbocycles. The van der Waals surface area contributed by atoms with Gasteiger partial charge in [-0.1, -0.05) is 44.2 Å². The van der Waals surface area contributed by atoms with Gasteiger partial charge in [-0.05, 0) is 26.4 Å². The molecule has 1 aromatic heterocycles.